The summed E-state index contributed by atoms with van der Waals surface area (Å²) in [6.45, 7) is 9.33. The van der Waals surface area contributed by atoms with Gasteiger partial charge in [-0.25, -0.2) is 0 Å². The van der Waals surface area contributed by atoms with Crippen LogP contribution in [-0.2, 0) is 16.1 Å². The first-order valence-corrected chi connectivity index (χ1v) is 9.59. The number of para-hydroxylation sites is 1. The fourth-order valence-corrected chi connectivity index (χ4v) is 3.66. The molecule has 1 saturated heterocycles. The minimum Gasteiger partial charge on any atom is -0.338 e. The Bertz CT molecular complexity index is 857. The number of anilines is 1. The van der Waals surface area contributed by atoms with E-state index in [1.807, 2.05) is 50.2 Å². The van der Waals surface area contributed by atoms with Gasteiger partial charge in [-0.05, 0) is 42.0 Å². The molecule has 0 aliphatic carbocycles. The third-order valence-electron chi connectivity index (χ3n) is 5.38. The number of benzene rings is 2. The number of carbonyl (C=O) groups is 2. The van der Waals surface area contributed by atoms with Crippen LogP contribution in [0.25, 0.3) is 0 Å². The van der Waals surface area contributed by atoms with E-state index >= 15 is 0 Å². The summed E-state index contributed by atoms with van der Waals surface area (Å²) in [6.07, 6.45) is 0.278. The Morgan fingerprint density at radius 1 is 1.11 bits per heavy atom. The number of aryl methyl sites for hydroxylation is 2. The van der Waals surface area contributed by atoms with Gasteiger partial charge >= 0.3 is 0 Å². The minimum atomic E-state index is -0.305. The number of nitrogens with zero attached hydrogens (tertiary/aromatic N) is 1. The molecule has 4 heteroatoms. The Morgan fingerprint density at radius 2 is 1.81 bits per heavy atom. The standard InChI is InChI=1S/C23H28N2O2/c1-15(2)20-11-7-9-17(4)22(20)24-23(27)19-12-21(26)25(14-19)13-18-10-6-5-8-16(18)3/h5-11,15,19H,12-14H2,1-4H3,(H,24,27). The summed E-state index contributed by atoms with van der Waals surface area (Å²) in [5.74, 6) is 0.00297. The second-order valence-electron chi connectivity index (χ2n) is 7.78. The maximum absolute atomic E-state index is 12.9. The maximum atomic E-state index is 12.9. The summed E-state index contributed by atoms with van der Waals surface area (Å²) in [5.41, 5.74) is 5.37. The van der Waals surface area contributed by atoms with E-state index in [2.05, 4.69) is 25.2 Å². The van der Waals surface area contributed by atoms with Crippen molar-refractivity contribution in [1.82, 2.24) is 4.90 Å². The number of carbonyl (C=O) groups excluding carboxylic acids is 2. The zero-order valence-corrected chi connectivity index (χ0v) is 16.6. The van der Waals surface area contributed by atoms with Crippen LogP contribution >= 0.6 is 0 Å². The molecule has 1 aliphatic rings. The normalized spacial score (nSPS) is 16.9. The molecule has 1 aliphatic heterocycles. The third kappa shape index (κ3) is 4.21. The fourth-order valence-electron chi connectivity index (χ4n) is 3.66. The van der Waals surface area contributed by atoms with Crippen molar-refractivity contribution in [3.63, 3.8) is 0 Å². The lowest BCUT2D eigenvalue weighted by Crippen LogP contribution is -2.28. The van der Waals surface area contributed by atoms with Gasteiger partial charge < -0.3 is 10.2 Å². The van der Waals surface area contributed by atoms with Crippen molar-refractivity contribution in [2.75, 3.05) is 11.9 Å². The molecule has 1 heterocycles. The molecule has 4 nitrogen and oxygen atoms in total. The number of hydrogen-bond acceptors (Lipinski definition) is 2. The first-order chi connectivity index (χ1) is 12.9. The molecule has 0 bridgehead atoms. The van der Waals surface area contributed by atoms with E-state index in [9.17, 15) is 9.59 Å². The van der Waals surface area contributed by atoms with E-state index in [0.717, 1.165) is 22.4 Å². The van der Waals surface area contributed by atoms with E-state index in [-0.39, 0.29) is 24.2 Å². The van der Waals surface area contributed by atoms with Gasteiger partial charge in [0.05, 0.1) is 5.92 Å². The summed E-state index contributed by atoms with van der Waals surface area (Å²) < 4.78 is 0. The highest BCUT2D eigenvalue weighted by atomic mass is 16.2. The third-order valence-corrected chi connectivity index (χ3v) is 5.38. The molecule has 2 aromatic carbocycles. The number of rotatable bonds is 5. The summed E-state index contributed by atoms with van der Waals surface area (Å²) >= 11 is 0. The van der Waals surface area contributed by atoms with Crippen molar-refractivity contribution >= 4 is 17.5 Å². The quantitative estimate of drug-likeness (QED) is 0.854. The van der Waals surface area contributed by atoms with Gasteiger partial charge in [0.2, 0.25) is 11.8 Å². The van der Waals surface area contributed by atoms with E-state index in [1.54, 1.807) is 4.90 Å². The van der Waals surface area contributed by atoms with Crippen LogP contribution in [0.2, 0.25) is 0 Å². The monoisotopic (exact) mass is 364 g/mol. The lowest BCUT2D eigenvalue weighted by Gasteiger charge is -2.20. The number of hydrogen-bond donors (Lipinski definition) is 1. The zero-order valence-electron chi connectivity index (χ0n) is 16.6. The van der Waals surface area contributed by atoms with E-state index < -0.39 is 0 Å². The van der Waals surface area contributed by atoms with Gasteiger partial charge in [0.25, 0.3) is 0 Å². The molecule has 1 fully saturated rings. The van der Waals surface area contributed by atoms with Crippen molar-refractivity contribution in [3.05, 3.63) is 64.7 Å². The van der Waals surface area contributed by atoms with Gasteiger partial charge in [-0.15, -0.1) is 0 Å². The molecule has 1 unspecified atom stereocenters. The van der Waals surface area contributed by atoms with Crippen LogP contribution in [0, 0.1) is 19.8 Å². The fraction of sp³-hybridized carbons (Fsp3) is 0.391. The number of amides is 2. The smallest absolute Gasteiger partial charge is 0.229 e. The molecular weight excluding hydrogens is 336 g/mol. The summed E-state index contributed by atoms with van der Waals surface area (Å²) in [7, 11) is 0. The van der Waals surface area contributed by atoms with Gasteiger partial charge in [-0.3, -0.25) is 9.59 Å². The second-order valence-corrected chi connectivity index (χ2v) is 7.78. The van der Waals surface area contributed by atoms with E-state index in [0.29, 0.717) is 19.0 Å². The first kappa shape index (κ1) is 19.2. The number of nitrogens with one attached hydrogen (secondary N) is 1. The van der Waals surface area contributed by atoms with Crippen LogP contribution in [0.5, 0.6) is 0 Å². The summed E-state index contributed by atoms with van der Waals surface area (Å²) in [6, 6.07) is 14.1. The molecule has 0 saturated carbocycles. The van der Waals surface area contributed by atoms with Crippen molar-refractivity contribution in [3.8, 4) is 0 Å². The van der Waals surface area contributed by atoms with Crippen molar-refractivity contribution < 1.29 is 9.59 Å². The molecule has 0 radical (unpaired) electrons. The van der Waals surface area contributed by atoms with Crippen molar-refractivity contribution in [2.24, 2.45) is 5.92 Å². The predicted octanol–water partition coefficient (Wildman–Crippen LogP) is 4.41. The molecule has 27 heavy (non-hydrogen) atoms. The highest BCUT2D eigenvalue weighted by molar-refractivity contribution is 5.98. The Hall–Kier alpha value is -2.62. The van der Waals surface area contributed by atoms with Gasteiger partial charge in [0.15, 0.2) is 0 Å². The van der Waals surface area contributed by atoms with Gasteiger partial charge in [-0.1, -0.05) is 56.3 Å². The highest BCUT2D eigenvalue weighted by Gasteiger charge is 2.34. The van der Waals surface area contributed by atoms with Crippen LogP contribution in [0.3, 0.4) is 0 Å². The Balaban J connectivity index is 1.71. The molecule has 1 atom stereocenters. The van der Waals surface area contributed by atoms with Crippen LogP contribution in [-0.4, -0.2) is 23.3 Å². The Labute approximate surface area is 161 Å². The van der Waals surface area contributed by atoms with Gasteiger partial charge in [-0.2, -0.15) is 0 Å². The Kier molecular flexibility index (Phi) is 5.64. The van der Waals surface area contributed by atoms with Crippen LogP contribution in [0.1, 0.15) is 48.4 Å². The number of likely N-dealkylation sites (tertiary alicyclic amines) is 1. The molecular formula is C23H28N2O2. The van der Waals surface area contributed by atoms with Gasteiger partial charge in [0, 0.05) is 25.2 Å². The Morgan fingerprint density at radius 3 is 2.52 bits per heavy atom. The molecule has 142 valence electrons. The summed E-state index contributed by atoms with van der Waals surface area (Å²) in [5, 5.41) is 3.10. The van der Waals surface area contributed by atoms with Crippen LogP contribution < -0.4 is 5.32 Å². The predicted molar refractivity (Wildman–Crippen MR) is 109 cm³/mol. The van der Waals surface area contributed by atoms with Crippen LogP contribution in [0.15, 0.2) is 42.5 Å². The van der Waals surface area contributed by atoms with E-state index in [4.69, 9.17) is 0 Å². The largest absolute Gasteiger partial charge is 0.338 e. The molecule has 0 spiro atoms. The van der Waals surface area contributed by atoms with Crippen molar-refractivity contribution in [2.45, 2.75) is 46.6 Å². The molecule has 2 amide bonds. The van der Waals surface area contributed by atoms with Crippen molar-refractivity contribution in [1.29, 1.82) is 0 Å². The van der Waals surface area contributed by atoms with Gasteiger partial charge in [0.1, 0.15) is 0 Å². The van der Waals surface area contributed by atoms with Crippen LogP contribution in [0.4, 0.5) is 5.69 Å². The second kappa shape index (κ2) is 7.95. The topological polar surface area (TPSA) is 49.4 Å². The lowest BCUT2D eigenvalue weighted by atomic mass is 9.97. The minimum absolute atomic E-state index is 0.0484. The average molecular weight is 364 g/mol. The average Bonchev–Trinajstić information content (AvgIpc) is 2.99. The zero-order chi connectivity index (χ0) is 19.6. The molecule has 1 N–H and O–H groups in total. The maximum Gasteiger partial charge on any atom is 0.229 e. The van der Waals surface area contributed by atoms with E-state index in [1.165, 1.54) is 5.56 Å². The summed E-state index contributed by atoms with van der Waals surface area (Å²) in [4.78, 5) is 27.1. The molecule has 0 aromatic heterocycles. The lowest BCUT2D eigenvalue weighted by molar-refractivity contribution is -0.128. The SMILES string of the molecule is Cc1ccccc1CN1CC(C(=O)Nc2c(C)cccc2C(C)C)CC1=O. The molecule has 2 aromatic rings. The highest BCUT2D eigenvalue weighted by Crippen LogP contribution is 2.29. The first-order valence-electron chi connectivity index (χ1n) is 9.59. The molecule has 3 rings (SSSR count).